The molecule has 2 aliphatic heterocycles. The summed E-state index contributed by atoms with van der Waals surface area (Å²) >= 11 is 0. The van der Waals surface area contributed by atoms with E-state index in [9.17, 15) is 10.1 Å². The zero-order chi connectivity index (χ0) is 23.9. The molecule has 0 unspecified atom stereocenters. The Morgan fingerprint density at radius 3 is 2.69 bits per heavy atom. The Hall–Kier alpha value is -4.42. The highest BCUT2D eigenvalue weighted by Gasteiger charge is 2.27. The van der Waals surface area contributed by atoms with E-state index in [-0.39, 0.29) is 5.91 Å². The first-order valence-electron chi connectivity index (χ1n) is 11.6. The van der Waals surface area contributed by atoms with Crippen molar-refractivity contribution in [3.63, 3.8) is 0 Å². The van der Waals surface area contributed by atoms with Gasteiger partial charge in [-0.15, -0.1) is 0 Å². The van der Waals surface area contributed by atoms with Crippen molar-refractivity contribution in [2.75, 3.05) is 43.4 Å². The molecular weight excluding hydrogens is 440 g/mol. The van der Waals surface area contributed by atoms with Crippen LogP contribution in [0.4, 0.5) is 17.2 Å². The lowest BCUT2D eigenvalue weighted by Gasteiger charge is -2.33. The van der Waals surface area contributed by atoms with Crippen LogP contribution < -0.4 is 15.5 Å². The monoisotopic (exact) mass is 464 g/mol. The fourth-order valence-electron chi connectivity index (χ4n) is 4.84. The van der Waals surface area contributed by atoms with Gasteiger partial charge in [-0.1, -0.05) is 6.07 Å². The Bertz CT molecular complexity index is 1480. The largest absolute Gasteiger partial charge is 0.368 e. The van der Waals surface area contributed by atoms with Crippen molar-refractivity contribution < 1.29 is 4.79 Å². The minimum atomic E-state index is -0.120. The maximum atomic E-state index is 12.8. The fourth-order valence-corrected chi connectivity index (χ4v) is 4.84. The number of benzene rings is 1. The number of amides is 1. The van der Waals surface area contributed by atoms with Crippen LogP contribution in [0.5, 0.6) is 0 Å². The molecule has 3 aromatic heterocycles. The van der Waals surface area contributed by atoms with Gasteiger partial charge in [0.15, 0.2) is 5.65 Å². The summed E-state index contributed by atoms with van der Waals surface area (Å²) in [6.45, 7) is 4.48. The number of hydrogen-bond donors (Lipinski definition) is 2. The van der Waals surface area contributed by atoms with Gasteiger partial charge in [-0.3, -0.25) is 9.20 Å². The molecule has 2 N–H and O–H groups in total. The van der Waals surface area contributed by atoms with Gasteiger partial charge in [0, 0.05) is 44.5 Å². The Morgan fingerprint density at radius 2 is 1.91 bits per heavy atom. The summed E-state index contributed by atoms with van der Waals surface area (Å²) in [7, 11) is 2.14. The second-order valence-corrected chi connectivity index (χ2v) is 8.88. The number of rotatable bonds is 4. The van der Waals surface area contributed by atoms with Gasteiger partial charge >= 0.3 is 0 Å². The van der Waals surface area contributed by atoms with Crippen molar-refractivity contribution in [2.24, 2.45) is 0 Å². The van der Waals surface area contributed by atoms with Crippen molar-refractivity contribution in [3.8, 4) is 17.3 Å². The van der Waals surface area contributed by atoms with Crippen LogP contribution in [0.1, 0.15) is 21.5 Å². The molecule has 1 fully saturated rings. The van der Waals surface area contributed by atoms with Gasteiger partial charge in [0.2, 0.25) is 0 Å². The first-order chi connectivity index (χ1) is 17.1. The van der Waals surface area contributed by atoms with Crippen LogP contribution in [-0.2, 0) is 6.54 Å². The molecule has 5 heterocycles. The predicted octanol–water partition coefficient (Wildman–Crippen LogP) is 3.01. The summed E-state index contributed by atoms with van der Waals surface area (Å²) < 4.78 is 1.89. The summed E-state index contributed by atoms with van der Waals surface area (Å²) in [6, 6.07) is 13.7. The van der Waals surface area contributed by atoms with Gasteiger partial charge in [-0.2, -0.15) is 5.26 Å². The highest BCUT2D eigenvalue weighted by Crippen LogP contribution is 2.35. The quantitative estimate of drug-likeness (QED) is 0.479. The molecule has 1 saturated heterocycles. The molecule has 0 saturated carbocycles. The van der Waals surface area contributed by atoms with Crippen LogP contribution in [0.2, 0.25) is 0 Å². The molecule has 0 radical (unpaired) electrons. The normalized spacial score (nSPS) is 15.7. The first-order valence-corrected chi connectivity index (χ1v) is 11.6. The number of nitrogens with one attached hydrogen (secondary N) is 2. The summed E-state index contributed by atoms with van der Waals surface area (Å²) in [4.78, 5) is 26.5. The number of carbonyl (C=O) groups is 1. The summed E-state index contributed by atoms with van der Waals surface area (Å²) in [5.74, 6) is 0.566. The SMILES string of the molecule is CN1CCN(c2ccc(Nc3ccc(-c4cnc5c(C#N)cccn45)c4c3C(=O)NC4)nc2)CC1. The predicted molar refractivity (Wildman–Crippen MR) is 134 cm³/mol. The average Bonchev–Trinajstić information content (AvgIpc) is 3.50. The van der Waals surface area contributed by atoms with E-state index in [2.05, 4.69) is 49.6 Å². The molecule has 9 heteroatoms. The topological polar surface area (TPSA) is 102 Å². The zero-order valence-corrected chi connectivity index (χ0v) is 19.3. The van der Waals surface area contributed by atoms with E-state index in [0.29, 0.717) is 34.8 Å². The summed E-state index contributed by atoms with van der Waals surface area (Å²) in [5.41, 5.74) is 6.18. The van der Waals surface area contributed by atoms with Gasteiger partial charge in [-0.25, -0.2) is 9.97 Å². The smallest absolute Gasteiger partial charge is 0.254 e. The molecule has 4 aromatic rings. The van der Waals surface area contributed by atoms with Crippen molar-refractivity contribution in [1.82, 2.24) is 24.6 Å². The van der Waals surface area contributed by atoms with E-state index < -0.39 is 0 Å². The first kappa shape index (κ1) is 21.1. The van der Waals surface area contributed by atoms with Crippen LogP contribution in [0.15, 0.2) is 55.0 Å². The van der Waals surface area contributed by atoms with E-state index in [0.717, 1.165) is 48.7 Å². The van der Waals surface area contributed by atoms with Gasteiger partial charge in [0.25, 0.3) is 5.91 Å². The molecule has 6 rings (SSSR count). The van der Waals surface area contributed by atoms with Crippen molar-refractivity contribution in [2.45, 2.75) is 6.54 Å². The molecule has 0 spiro atoms. The minimum Gasteiger partial charge on any atom is -0.368 e. The lowest BCUT2D eigenvalue weighted by molar-refractivity contribution is 0.0966. The molecule has 2 aliphatic rings. The lowest BCUT2D eigenvalue weighted by atomic mass is 9.99. The molecule has 9 nitrogen and oxygen atoms in total. The Labute approximate surface area is 202 Å². The van der Waals surface area contributed by atoms with E-state index in [1.807, 2.05) is 41.1 Å². The van der Waals surface area contributed by atoms with Gasteiger partial charge in [0.1, 0.15) is 11.9 Å². The third kappa shape index (κ3) is 3.64. The van der Waals surface area contributed by atoms with E-state index in [1.54, 1.807) is 12.3 Å². The molecule has 1 aromatic carbocycles. The van der Waals surface area contributed by atoms with Crippen LogP contribution in [0.3, 0.4) is 0 Å². The van der Waals surface area contributed by atoms with E-state index in [1.165, 1.54) is 0 Å². The van der Waals surface area contributed by atoms with E-state index >= 15 is 0 Å². The Balaban J connectivity index is 1.32. The van der Waals surface area contributed by atoms with Gasteiger partial charge < -0.3 is 20.4 Å². The minimum absolute atomic E-state index is 0.120. The number of anilines is 3. The number of carbonyl (C=O) groups excluding carboxylic acids is 1. The van der Waals surface area contributed by atoms with Gasteiger partial charge in [-0.05, 0) is 42.9 Å². The van der Waals surface area contributed by atoms with Crippen LogP contribution in [-0.4, -0.2) is 58.4 Å². The molecule has 35 heavy (non-hydrogen) atoms. The van der Waals surface area contributed by atoms with Crippen LogP contribution in [0.25, 0.3) is 16.9 Å². The number of nitriles is 1. The highest BCUT2D eigenvalue weighted by atomic mass is 16.1. The van der Waals surface area contributed by atoms with Crippen molar-refractivity contribution in [3.05, 3.63) is 71.7 Å². The number of hydrogen-bond acceptors (Lipinski definition) is 7. The summed E-state index contributed by atoms with van der Waals surface area (Å²) in [6.07, 6.45) is 5.51. The van der Waals surface area contributed by atoms with Crippen LogP contribution in [0, 0.1) is 11.3 Å². The number of pyridine rings is 2. The fraction of sp³-hybridized carbons (Fsp3) is 0.231. The number of fused-ring (bicyclic) bond motifs is 2. The molecule has 1 amide bonds. The molecular formula is C26H24N8O. The number of likely N-dealkylation sites (N-methyl/N-ethyl adjacent to an activating group) is 1. The second kappa shape index (κ2) is 8.42. The average molecular weight is 465 g/mol. The van der Waals surface area contributed by atoms with Gasteiger partial charge in [0.05, 0.1) is 40.6 Å². The third-order valence-electron chi connectivity index (χ3n) is 6.78. The standard InChI is InChI=1S/C26H24N8O/c1-32-9-11-33(12-10-32)18-4-7-23(28-14-18)31-21-6-5-19(20-15-30-26(35)24(20)21)22-16-29-25-17(13-27)3-2-8-34(22)25/h2-8,14,16H,9-12,15H2,1H3,(H,28,31)(H,30,35). The molecule has 174 valence electrons. The van der Waals surface area contributed by atoms with Crippen molar-refractivity contribution >= 4 is 28.7 Å². The summed E-state index contributed by atoms with van der Waals surface area (Å²) in [5, 5.41) is 15.7. The number of nitrogens with zero attached hydrogens (tertiary/aromatic N) is 6. The molecule has 0 aliphatic carbocycles. The third-order valence-corrected chi connectivity index (χ3v) is 6.78. The number of aromatic nitrogens is 3. The zero-order valence-electron chi connectivity index (χ0n) is 19.3. The Kier molecular flexibility index (Phi) is 5.08. The maximum Gasteiger partial charge on any atom is 0.254 e. The lowest BCUT2D eigenvalue weighted by Crippen LogP contribution is -2.44. The number of piperazine rings is 1. The maximum absolute atomic E-state index is 12.8. The number of imidazole rings is 1. The molecule has 0 bridgehead atoms. The Morgan fingerprint density at radius 1 is 1.06 bits per heavy atom. The van der Waals surface area contributed by atoms with Crippen molar-refractivity contribution in [1.29, 1.82) is 5.26 Å². The molecule has 0 atom stereocenters. The highest BCUT2D eigenvalue weighted by molar-refractivity contribution is 6.06. The van der Waals surface area contributed by atoms with E-state index in [4.69, 9.17) is 0 Å². The van der Waals surface area contributed by atoms with Crippen LogP contribution >= 0.6 is 0 Å². The second-order valence-electron chi connectivity index (χ2n) is 8.88.